The number of amidine groups is 1. The number of carbonyl (C=O) groups is 1. The van der Waals surface area contributed by atoms with E-state index in [1.165, 1.54) is 24.6 Å². The molecule has 2 aliphatic rings. The van der Waals surface area contributed by atoms with Gasteiger partial charge in [0, 0.05) is 18.7 Å². The van der Waals surface area contributed by atoms with Crippen LogP contribution in [0.4, 0.5) is 0 Å². The number of nitrogens with one attached hydrogen (secondary N) is 1. The van der Waals surface area contributed by atoms with Crippen LogP contribution in [-0.4, -0.2) is 54.2 Å². The molecule has 0 aromatic heterocycles. The summed E-state index contributed by atoms with van der Waals surface area (Å²) in [6, 6.07) is 7.79. The van der Waals surface area contributed by atoms with E-state index >= 15 is 0 Å². The van der Waals surface area contributed by atoms with Crippen molar-refractivity contribution in [2.45, 2.75) is 19.8 Å². The molecule has 0 aliphatic carbocycles. The summed E-state index contributed by atoms with van der Waals surface area (Å²) in [6.45, 7) is 6.25. The lowest BCUT2D eigenvalue weighted by atomic mass is 10.0. The Kier molecular flexibility index (Phi) is 6.47. The largest absolute Gasteiger partial charge is 0.492 e. The molecule has 1 aromatic rings. The predicted molar refractivity (Wildman–Crippen MR) is 102 cm³/mol. The van der Waals surface area contributed by atoms with E-state index in [2.05, 4.69) is 27.3 Å². The summed E-state index contributed by atoms with van der Waals surface area (Å²) in [5.41, 5.74) is 0.883. The number of hydrogen-bond donors (Lipinski definition) is 1. The number of benzene rings is 1. The monoisotopic (exact) mass is 360 g/mol. The first-order valence-corrected chi connectivity index (χ1v) is 9.67. The third kappa shape index (κ3) is 5.57. The Morgan fingerprint density at radius 3 is 3.12 bits per heavy atom. The van der Waals surface area contributed by atoms with E-state index in [0.29, 0.717) is 17.5 Å². The van der Waals surface area contributed by atoms with Crippen molar-refractivity contribution in [1.82, 2.24) is 10.2 Å². The zero-order valence-electron chi connectivity index (χ0n) is 14.5. The molecule has 2 saturated heterocycles. The van der Waals surface area contributed by atoms with E-state index < -0.39 is 0 Å². The standard InChI is InChI=1S/C18H24N4O2S/c1-14-5-4-8-22(12-14)9-10-24-16-7-3-2-6-15(16)11-19-21-18-20-17(23)13-25-18/h2-3,6-7,11,14H,4-5,8-10,12-13H2,1H3,(H,20,21,23). The molecule has 2 aliphatic heterocycles. The first-order chi connectivity index (χ1) is 12.2. The van der Waals surface area contributed by atoms with E-state index in [0.717, 1.165) is 36.9 Å². The minimum Gasteiger partial charge on any atom is -0.492 e. The number of thioether (sulfide) groups is 1. The van der Waals surface area contributed by atoms with Crippen LogP contribution in [0, 0.1) is 5.92 Å². The maximum absolute atomic E-state index is 11.1. The van der Waals surface area contributed by atoms with Gasteiger partial charge in [-0.15, -0.1) is 5.10 Å². The zero-order valence-corrected chi connectivity index (χ0v) is 15.3. The van der Waals surface area contributed by atoms with Crippen molar-refractivity contribution >= 4 is 29.1 Å². The molecule has 0 saturated carbocycles. The Hall–Kier alpha value is -1.86. The fourth-order valence-corrected chi connectivity index (χ4v) is 3.65. The van der Waals surface area contributed by atoms with Crippen LogP contribution in [0.25, 0.3) is 0 Å². The smallest absolute Gasteiger partial charge is 0.236 e. The molecule has 1 atom stereocenters. The quantitative estimate of drug-likeness (QED) is 0.625. The predicted octanol–water partition coefficient (Wildman–Crippen LogP) is 2.35. The van der Waals surface area contributed by atoms with Gasteiger partial charge in [-0.3, -0.25) is 9.69 Å². The van der Waals surface area contributed by atoms with Crippen molar-refractivity contribution < 1.29 is 9.53 Å². The molecular weight excluding hydrogens is 336 g/mol. The minimum atomic E-state index is -0.0327. The number of piperidine rings is 1. The molecule has 6 nitrogen and oxygen atoms in total. The molecule has 134 valence electrons. The van der Waals surface area contributed by atoms with E-state index in [-0.39, 0.29) is 5.91 Å². The van der Waals surface area contributed by atoms with Gasteiger partial charge >= 0.3 is 0 Å². The summed E-state index contributed by atoms with van der Waals surface area (Å²) >= 11 is 1.36. The fourth-order valence-electron chi connectivity index (χ4n) is 3.02. The first-order valence-electron chi connectivity index (χ1n) is 8.68. The number of rotatable bonds is 6. The van der Waals surface area contributed by atoms with Gasteiger partial charge in [-0.25, -0.2) is 0 Å². The van der Waals surface area contributed by atoms with Crippen LogP contribution >= 0.6 is 11.8 Å². The van der Waals surface area contributed by atoms with Crippen LogP contribution in [0.2, 0.25) is 0 Å². The highest BCUT2D eigenvalue weighted by Crippen LogP contribution is 2.18. The second-order valence-corrected chi connectivity index (χ2v) is 7.38. The van der Waals surface area contributed by atoms with Crippen LogP contribution in [0.15, 0.2) is 34.5 Å². The Morgan fingerprint density at radius 1 is 1.44 bits per heavy atom. The maximum Gasteiger partial charge on any atom is 0.236 e. The zero-order chi connectivity index (χ0) is 17.5. The Balaban J connectivity index is 1.52. The second kappa shape index (κ2) is 9.01. The normalized spacial score (nSPS) is 23.3. The molecule has 1 unspecified atom stereocenters. The average molecular weight is 360 g/mol. The molecule has 7 heteroatoms. The van der Waals surface area contributed by atoms with E-state index in [4.69, 9.17) is 4.74 Å². The summed E-state index contributed by atoms with van der Waals surface area (Å²) in [5.74, 6) is 1.96. The molecule has 0 bridgehead atoms. The molecule has 0 radical (unpaired) electrons. The number of carbonyl (C=O) groups excluding carboxylic acids is 1. The highest BCUT2D eigenvalue weighted by molar-refractivity contribution is 8.15. The summed E-state index contributed by atoms with van der Waals surface area (Å²) < 4.78 is 5.96. The Morgan fingerprint density at radius 2 is 2.32 bits per heavy atom. The lowest BCUT2D eigenvalue weighted by Gasteiger charge is -2.30. The number of para-hydroxylation sites is 1. The lowest BCUT2D eigenvalue weighted by molar-refractivity contribution is -0.116. The lowest BCUT2D eigenvalue weighted by Crippen LogP contribution is -2.37. The van der Waals surface area contributed by atoms with Gasteiger partial charge in [0.15, 0.2) is 5.17 Å². The van der Waals surface area contributed by atoms with Gasteiger partial charge in [0.1, 0.15) is 12.4 Å². The van der Waals surface area contributed by atoms with E-state index in [1.807, 2.05) is 24.3 Å². The summed E-state index contributed by atoms with van der Waals surface area (Å²) in [6.07, 6.45) is 4.27. The topological polar surface area (TPSA) is 66.3 Å². The average Bonchev–Trinajstić information content (AvgIpc) is 3.02. The number of likely N-dealkylation sites (tertiary alicyclic amines) is 1. The van der Waals surface area contributed by atoms with Gasteiger partial charge in [0.05, 0.1) is 12.0 Å². The fraction of sp³-hybridized carbons (Fsp3) is 0.500. The minimum absolute atomic E-state index is 0.0327. The number of hydrogen-bond acceptors (Lipinski definition) is 6. The number of nitrogens with zero attached hydrogens (tertiary/aromatic N) is 3. The van der Waals surface area contributed by atoms with Gasteiger partial charge < -0.3 is 10.1 Å². The third-order valence-corrected chi connectivity index (χ3v) is 5.12. The molecule has 2 heterocycles. The summed E-state index contributed by atoms with van der Waals surface area (Å²) in [7, 11) is 0. The van der Waals surface area contributed by atoms with Crippen molar-refractivity contribution in [3.05, 3.63) is 29.8 Å². The highest BCUT2D eigenvalue weighted by atomic mass is 32.2. The Bertz CT molecular complexity index is 662. The van der Waals surface area contributed by atoms with Gasteiger partial charge in [-0.2, -0.15) is 5.10 Å². The van der Waals surface area contributed by atoms with Gasteiger partial charge in [0.25, 0.3) is 0 Å². The van der Waals surface area contributed by atoms with Crippen molar-refractivity contribution in [3.63, 3.8) is 0 Å². The van der Waals surface area contributed by atoms with Crippen LogP contribution in [0.1, 0.15) is 25.3 Å². The van der Waals surface area contributed by atoms with Crippen LogP contribution in [0.3, 0.4) is 0 Å². The number of ether oxygens (including phenoxy) is 1. The summed E-state index contributed by atoms with van der Waals surface area (Å²) in [5, 5.41) is 11.3. The van der Waals surface area contributed by atoms with Crippen LogP contribution < -0.4 is 10.1 Å². The van der Waals surface area contributed by atoms with Crippen molar-refractivity contribution in [1.29, 1.82) is 0 Å². The van der Waals surface area contributed by atoms with Gasteiger partial charge in [-0.05, 0) is 37.4 Å². The van der Waals surface area contributed by atoms with Crippen molar-refractivity contribution in [3.8, 4) is 5.75 Å². The first kappa shape index (κ1) is 17.9. The number of amides is 1. The van der Waals surface area contributed by atoms with Crippen molar-refractivity contribution in [2.24, 2.45) is 16.1 Å². The van der Waals surface area contributed by atoms with Crippen molar-refractivity contribution in [2.75, 3.05) is 32.0 Å². The van der Waals surface area contributed by atoms with Crippen LogP contribution in [-0.2, 0) is 4.79 Å². The third-order valence-electron chi connectivity index (χ3n) is 4.26. The van der Waals surface area contributed by atoms with Crippen LogP contribution in [0.5, 0.6) is 5.75 Å². The molecular formula is C18H24N4O2S. The molecule has 2 fully saturated rings. The molecule has 1 aromatic carbocycles. The molecule has 1 amide bonds. The van der Waals surface area contributed by atoms with E-state index in [1.54, 1.807) is 6.21 Å². The maximum atomic E-state index is 11.1. The molecule has 25 heavy (non-hydrogen) atoms. The van der Waals surface area contributed by atoms with Gasteiger partial charge in [-0.1, -0.05) is 30.8 Å². The molecule has 1 N–H and O–H groups in total. The summed E-state index contributed by atoms with van der Waals surface area (Å²) in [4.78, 5) is 13.6. The second-order valence-electron chi connectivity index (χ2n) is 6.42. The van der Waals surface area contributed by atoms with E-state index in [9.17, 15) is 4.79 Å². The Labute approximate surface area is 152 Å². The SMILES string of the molecule is CC1CCCN(CCOc2ccccc2C=NN=C2NC(=O)CS2)C1. The van der Waals surface area contributed by atoms with Gasteiger partial charge in [0.2, 0.25) is 5.91 Å². The molecule has 0 spiro atoms. The molecule has 3 rings (SSSR count). The highest BCUT2D eigenvalue weighted by Gasteiger charge is 2.16.